The molecule has 2 rings (SSSR count). The first-order chi connectivity index (χ1) is 9.41. The van der Waals surface area contributed by atoms with E-state index in [4.69, 9.17) is 0 Å². The standard InChI is InChI=1S/C14H20BrNO3S/c1-2-13(12-7-11(15)3-4-14(12)17)16-8-10-5-6-20(18,19)9-10/h3-4,7,10,13,16-17H,2,5-6,8-9H2,1H3. The van der Waals surface area contributed by atoms with Gasteiger partial charge in [0, 0.05) is 16.1 Å². The van der Waals surface area contributed by atoms with E-state index >= 15 is 0 Å². The van der Waals surface area contributed by atoms with Crippen molar-refractivity contribution in [3.05, 3.63) is 28.2 Å². The number of halogens is 1. The number of phenolic OH excluding ortho intramolecular Hbond substituents is 1. The van der Waals surface area contributed by atoms with E-state index in [0.717, 1.165) is 22.9 Å². The Balaban J connectivity index is 2.01. The molecule has 20 heavy (non-hydrogen) atoms. The smallest absolute Gasteiger partial charge is 0.150 e. The summed E-state index contributed by atoms with van der Waals surface area (Å²) in [5.74, 6) is 1.04. The Bertz CT molecular complexity index is 574. The molecule has 0 aliphatic carbocycles. The van der Waals surface area contributed by atoms with Gasteiger partial charge >= 0.3 is 0 Å². The highest BCUT2D eigenvalue weighted by molar-refractivity contribution is 9.10. The Kier molecular flexibility index (Phi) is 5.09. The molecule has 1 aliphatic heterocycles. The molecule has 6 heteroatoms. The third kappa shape index (κ3) is 3.96. The molecule has 4 nitrogen and oxygen atoms in total. The average molecular weight is 362 g/mol. The van der Waals surface area contributed by atoms with Gasteiger partial charge in [-0.1, -0.05) is 22.9 Å². The van der Waals surface area contributed by atoms with Gasteiger partial charge in [0.1, 0.15) is 5.75 Å². The largest absolute Gasteiger partial charge is 0.508 e. The third-order valence-electron chi connectivity index (χ3n) is 3.75. The van der Waals surface area contributed by atoms with Crippen molar-refractivity contribution in [2.24, 2.45) is 5.92 Å². The summed E-state index contributed by atoms with van der Waals surface area (Å²) in [6.45, 7) is 2.72. The molecule has 0 radical (unpaired) electrons. The number of hydrogen-bond acceptors (Lipinski definition) is 4. The van der Waals surface area contributed by atoms with Gasteiger partial charge in [0.25, 0.3) is 0 Å². The molecular weight excluding hydrogens is 342 g/mol. The molecule has 1 aromatic rings. The fourth-order valence-electron chi connectivity index (χ4n) is 2.62. The van der Waals surface area contributed by atoms with E-state index in [9.17, 15) is 13.5 Å². The highest BCUT2D eigenvalue weighted by Crippen LogP contribution is 2.30. The van der Waals surface area contributed by atoms with E-state index in [1.165, 1.54) is 0 Å². The summed E-state index contributed by atoms with van der Waals surface area (Å²) in [4.78, 5) is 0. The summed E-state index contributed by atoms with van der Waals surface area (Å²) in [5.41, 5.74) is 0.850. The molecule has 0 aromatic heterocycles. The van der Waals surface area contributed by atoms with Crippen LogP contribution in [0.15, 0.2) is 22.7 Å². The van der Waals surface area contributed by atoms with Crippen LogP contribution in [0.25, 0.3) is 0 Å². The van der Waals surface area contributed by atoms with Gasteiger partial charge < -0.3 is 10.4 Å². The van der Waals surface area contributed by atoms with Crippen LogP contribution in [0.2, 0.25) is 0 Å². The second-order valence-electron chi connectivity index (χ2n) is 5.34. The lowest BCUT2D eigenvalue weighted by Crippen LogP contribution is -2.27. The zero-order valence-electron chi connectivity index (χ0n) is 11.5. The molecule has 2 N–H and O–H groups in total. The highest BCUT2D eigenvalue weighted by atomic mass is 79.9. The zero-order valence-corrected chi connectivity index (χ0v) is 13.9. The van der Waals surface area contributed by atoms with Crippen LogP contribution in [0.5, 0.6) is 5.75 Å². The molecule has 2 unspecified atom stereocenters. The van der Waals surface area contributed by atoms with Crippen LogP contribution in [0.4, 0.5) is 0 Å². The van der Waals surface area contributed by atoms with Crippen molar-refractivity contribution in [2.75, 3.05) is 18.1 Å². The van der Waals surface area contributed by atoms with Gasteiger partial charge in [0.15, 0.2) is 9.84 Å². The lowest BCUT2D eigenvalue weighted by atomic mass is 10.0. The van der Waals surface area contributed by atoms with E-state index in [1.807, 2.05) is 13.0 Å². The van der Waals surface area contributed by atoms with Crippen LogP contribution in [-0.2, 0) is 9.84 Å². The minimum Gasteiger partial charge on any atom is -0.508 e. The van der Waals surface area contributed by atoms with Crippen molar-refractivity contribution >= 4 is 25.8 Å². The Labute approximate surface area is 128 Å². The number of phenols is 1. The summed E-state index contributed by atoms with van der Waals surface area (Å²) in [7, 11) is -2.83. The van der Waals surface area contributed by atoms with E-state index in [1.54, 1.807) is 12.1 Å². The number of rotatable bonds is 5. The lowest BCUT2D eigenvalue weighted by Gasteiger charge is -2.20. The van der Waals surface area contributed by atoms with E-state index < -0.39 is 9.84 Å². The van der Waals surface area contributed by atoms with Gasteiger partial charge in [0.05, 0.1) is 11.5 Å². The van der Waals surface area contributed by atoms with Gasteiger partial charge in [-0.15, -0.1) is 0 Å². The van der Waals surface area contributed by atoms with Crippen LogP contribution in [0.3, 0.4) is 0 Å². The van der Waals surface area contributed by atoms with Crippen LogP contribution < -0.4 is 5.32 Å². The van der Waals surface area contributed by atoms with Gasteiger partial charge in [-0.25, -0.2) is 8.42 Å². The molecule has 1 heterocycles. The zero-order chi connectivity index (χ0) is 14.8. The quantitative estimate of drug-likeness (QED) is 0.845. The Morgan fingerprint density at radius 3 is 2.85 bits per heavy atom. The minimum atomic E-state index is -2.83. The second kappa shape index (κ2) is 6.45. The van der Waals surface area contributed by atoms with E-state index in [-0.39, 0.29) is 23.5 Å². The Hall–Kier alpha value is -0.590. The summed E-state index contributed by atoms with van der Waals surface area (Å²) < 4.78 is 23.8. The van der Waals surface area contributed by atoms with Crippen molar-refractivity contribution in [2.45, 2.75) is 25.8 Å². The fourth-order valence-corrected chi connectivity index (χ4v) is 4.86. The van der Waals surface area contributed by atoms with Crippen molar-refractivity contribution < 1.29 is 13.5 Å². The van der Waals surface area contributed by atoms with Crippen LogP contribution >= 0.6 is 15.9 Å². The molecule has 0 bridgehead atoms. The van der Waals surface area contributed by atoms with Crippen LogP contribution in [0, 0.1) is 5.92 Å². The molecule has 1 aromatic carbocycles. The van der Waals surface area contributed by atoms with Crippen molar-refractivity contribution in [1.82, 2.24) is 5.32 Å². The van der Waals surface area contributed by atoms with Crippen molar-refractivity contribution in [3.63, 3.8) is 0 Å². The first kappa shape index (κ1) is 15.8. The Morgan fingerprint density at radius 1 is 1.50 bits per heavy atom. The number of benzene rings is 1. The molecule has 2 atom stereocenters. The molecule has 112 valence electrons. The monoisotopic (exact) mass is 361 g/mol. The average Bonchev–Trinajstić information content (AvgIpc) is 2.74. The van der Waals surface area contributed by atoms with Crippen LogP contribution in [-0.4, -0.2) is 31.6 Å². The number of nitrogens with one attached hydrogen (secondary N) is 1. The maximum absolute atomic E-state index is 11.4. The van der Waals surface area contributed by atoms with E-state index in [2.05, 4.69) is 21.2 Å². The first-order valence-corrected chi connectivity index (χ1v) is 9.45. The summed E-state index contributed by atoms with van der Waals surface area (Å²) in [6.07, 6.45) is 1.57. The van der Waals surface area contributed by atoms with Crippen molar-refractivity contribution in [1.29, 1.82) is 0 Å². The number of sulfone groups is 1. The molecule has 0 spiro atoms. The summed E-state index contributed by atoms with van der Waals surface area (Å²) in [6, 6.07) is 5.41. The summed E-state index contributed by atoms with van der Waals surface area (Å²) >= 11 is 3.41. The fraction of sp³-hybridized carbons (Fsp3) is 0.571. The number of hydrogen-bond donors (Lipinski definition) is 2. The Morgan fingerprint density at radius 2 is 2.25 bits per heavy atom. The predicted octanol–water partition coefficient (Wildman–Crippen LogP) is 2.63. The maximum atomic E-state index is 11.4. The molecule has 0 saturated carbocycles. The topological polar surface area (TPSA) is 66.4 Å². The predicted molar refractivity (Wildman–Crippen MR) is 83.6 cm³/mol. The van der Waals surface area contributed by atoms with Gasteiger partial charge in [0.2, 0.25) is 0 Å². The normalized spacial score (nSPS) is 22.8. The lowest BCUT2D eigenvalue weighted by molar-refractivity contribution is 0.420. The van der Waals surface area contributed by atoms with Gasteiger partial charge in [-0.2, -0.15) is 0 Å². The third-order valence-corrected chi connectivity index (χ3v) is 6.08. The van der Waals surface area contributed by atoms with Gasteiger partial charge in [-0.3, -0.25) is 0 Å². The second-order valence-corrected chi connectivity index (χ2v) is 8.49. The SMILES string of the molecule is CCC(NCC1CCS(=O)(=O)C1)c1cc(Br)ccc1O. The molecule has 1 fully saturated rings. The van der Waals surface area contributed by atoms with E-state index in [0.29, 0.717) is 12.3 Å². The van der Waals surface area contributed by atoms with Crippen molar-refractivity contribution in [3.8, 4) is 5.75 Å². The summed E-state index contributed by atoms with van der Waals surface area (Å²) in [5, 5.41) is 13.3. The highest BCUT2D eigenvalue weighted by Gasteiger charge is 2.28. The number of aromatic hydroxyl groups is 1. The molecule has 1 saturated heterocycles. The maximum Gasteiger partial charge on any atom is 0.150 e. The van der Waals surface area contributed by atoms with Gasteiger partial charge in [-0.05, 0) is 43.5 Å². The molecule has 1 aliphatic rings. The molecular formula is C14H20BrNO3S. The first-order valence-electron chi connectivity index (χ1n) is 6.83. The van der Waals surface area contributed by atoms with Crippen LogP contribution in [0.1, 0.15) is 31.4 Å². The minimum absolute atomic E-state index is 0.0378. The molecule has 0 amide bonds.